The topological polar surface area (TPSA) is 52.3 Å². The summed E-state index contributed by atoms with van der Waals surface area (Å²) in [5.74, 6) is -0.216. The third-order valence-corrected chi connectivity index (χ3v) is 3.78. The second kappa shape index (κ2) is 4.23. The number of aryl methyl sites for hydroxylation is 1. The van der Waals surface area contributed by atoms with Gasteiger partial charge in [-0.2, -0.15) is 0 Å². The molecule has 0 aromatic carbocycles. The zero-order chi connectivity index (χ0) is 10.8. The number of nitrogen functional groups attached to an aromatic ring is 1. The second-order valence-electron chi connectivity index (χ2n) is 3.93. The quantitative estimate of drug-likeness (QED) is 0.787. The molecule has 1 fully saturated rings. The smallest absolute Gasteiger partial charge is 0.348 e. The molecule has 1 heterocycles. The van der Waals surface area contributed by atoms with Crippen LogP contribution in [0.3, 0.4) is 0 Å². The van der Waals surface area contributed by atoms with Gasteiger partial charge in [0.05, 0.1) is 0 Å². The number of carbonyl (C=O) groups excluding carboxylic acids is 1. The molecular weight excluding hydrogens is 210 g/mol. The number of nitrogens with two attached hydrogens (primary N) is 1. The van der Waals surface area contributed by atoms with Crippen molar-refractivity contribution in [1.29, 1.82) is 0 Å². The fraction of sp³-hybridized carbons (Fsp3) is 0.545. The number of ether oxygens (including phenoxy) is 1. The predicted octanol–water partition coefficient (Wildman–Crippen LogP) is 2.74. The molecule has 2 N–H and O–H groups in total. The molecular formula is C11H15NO2S. The van der Waals surface area contributed by atoms with E-state index in [2.05, 4.69) is 0 Å². The van der Waals surface area contributed by atoms with Crippen molar-refractivity contribution in [2.45, 2.75) is 38.7 Å². The molecule has 3 nitrogen and oxygen atoms in total. The van der Waals surface area contributed by atoms with Crippen molar-refractivity contribution >= 4 is 23.0 Å². The van der Waals surface area contributed by atoms with Gasteiger partial charge in [0, 0.05) is 10.6 Å². The summed E-state index contributed by atoms with van der Waals surface area (Å²) in [7, 11) is 0. The van der Waals surface area contributed by atoms with Crippen molar-refractivity contribution in [2.75, 3.05) is 5.73 Å². The van der Waals surface area contributed by atoms with Gasteiger partial charge in [-0.25, -0.2) is 4.79 Å². The third-order valence-electron chi connectivity index (χ3n) is 2.73. The highest BCUT2D eigenvalue weighted by Crippen LogP contribution is 2.27. The average molecular weight is 225 g/mol. The summed E-state index contributed by atoms with van der Waals surface area (Å²) in [6.45, 7) is 1.91. The van der Waals surface area contributed by atoms with Crippen LogP contribution < -0.4 is 5.73 Å². The van der Waals surface area contributed by atoms with E-state index in [1.165, 1.54) is 24.2 Å². The van der Waals surface area contributed by atoms with Gasteiger partial charge in [-0.15, -0.1) is 11.3 Å². The molecule has 0 atom stereocenters. The minimum absolute atomic E-state index is 0.126. The van der Waals surface area contributed by atoms with Crippen molar-refractivity contribution in [1.82, 2.24) is 0 Å². The molecule has 4 heteroatoms. The minimum Gasteiger partial charge on any atom is -0.458 e. The van der Waals surface area contributed by atoms with Crippen LogP contribution in [0.25, 0.3) is 0 Å². The molecule has 0 bridgehead atoms. The van der Waals surface area contributed by atoms with E-state index in [-0.39, 0.29) is 12.1 Å². The maximum atomic E-state index is 11.7. The summed E-state index contributed by atoms with van der Waals surface area (Å²) in [6, 6.07) is 1.71. The predicted molar refractivity (Wildman–Crippen MR) is 61.1 cm³/mol. The van der Waals surface area contributed by atoms with Gasteiger partial charge >= 0.3 is 5.97 Å². The molecule has 82 valence electrons. The molecule has 15 heavy (non-hydrogen) atoms. The Morgan fingerprint density at radius 1 is 1.53 bits per heavy atom. The molecule has 1 saturated carbocycles. The summed E-state index contributed by atoms with van der Waals surface area (Å²) < 4.78 is 5.38. The van der Waals surface area contributed by atoms with Gasteiger partial charge in [-0.3, -0.25) is 0 Å². The molecule has 1 aromatic heterocycles. The lowest BCUT2D eigenvalue weighted by molar-refractivity contribution is 0.0324. The highest BCUT2D eigenvalue weighted by atomic mass is 32.1. The van der Waals surface area contributed by atoms with Crippen LogP contribution in [0, 0.1) is 6.92 Å². The Bertz CT molecular complexity index is 347. The Hall–Kier alpha value is -1.03. The molecule has 0 radical (unpaired) electrons. The maximum Gasteiger partial charge on any atom is 0.348 e. The molecule has 0 amide bonds. The van der Waals surface area contributed by atoms with Crippen molar-refractivity contribution in [2.24, 2.45) is 0 Å². The molecule has 1 aliphatic carbocycles. The first-order valence-electron chi connectivity index (χ1n) is 5.23. The Balaban J connectivity index is 2.00. The van der Waals surface area contributed by atoms with Gasteiger partial charge in [0.15, 0.2) is 0 Å². The van der Waals surface area contributed by atoms with E-state index in [0.717, 1.165) is 17.7 Å². The summed E-state index contributed by atoms with van der Waals surface area (Å²) in [6.07, 6.45) is 4.48. The first-order chi connectivity index (χ1) is 7.16. The number of rotatable bonds is 2. The molecule has 0 saturated heterocycles. The third kappa shape index (κ3) is 2.31. The molecule has 1 aliphatic rings. The summed E-state index contributed by atoms with van der Waals surface area (Å²) in [5, 5.41) is 0. The van der Waals surface area contributed by atoms with Crippen molar-refractivity contribution in [3.63, 3.8) is 0 Å². The number of hydrogen-bond acceptors (Lipinski definition) is 4. The van der Waals surface area contributed by atoms with E-state index in [1.807, 2.05) is 6.92 Å². The summed E-state index contributed by atoms with van der Waals surface area (Å²) in [4.78, 5) is 13.3. The Labute approximate surface area is 93.2 Å². The van der Waals surface area contributed by atoms with E-state index in [9.17, 15) is 4.79 Å². The van der Waals surface area contributed by atoms with Gasteiger partial charge in [0.25, 0.3) is 0 Å². The fourth-order valence-corrected chi connectivity index (χ4v) is 2.64. The highest BCUT2D eigenvalue weighted by molar-refractivity contribution is 7.14. The highest BCUT2D eigenvalue weighted by Gasteiger charge is 2.21. The second-order valence-corrected chi connectivity index (χ2v) is 5.19. The number of esters is 1. The lowest BCUT2D eigenvalue weighted by atomic mass is 10.3. The lowest BCUT2D eigenvalue weighted by Crippen LogP contribution is -2.13. The van der Waals surface area contributed by atoms with Crippen LogP contribution in [0.4, 0.5) is 5.69 Å². The van der Waals surface area contributed by atoms with Crippen LogP contribution in [0.15, 0.2) is 6.07 Å². The standard InChI is InChI=1S/C11H15NO2S/c1-7-9(12)6-10(15-7)11(13)14-8-4-2-3-5-8/h6,8H,2-5,12H2,1H3. The van der Waals surface area contributed by atoms with Crippen LogP contribution in [0.1, 0.15) is 40.2 Å². The van der Waals surface area contributed by atoms with Gasteiger partial charge in [0.1, 0.15) is 11.0 Å². The first-order valence-corrected chi connectivity index (χ1v) is 6.05. The first kappa shape index (κ1) is 10.5. The molecule has 2 rings (SSSR count). The molecule has 0 unspecified atom stereocenters. The average Bonchev–Trinajstić information content (AvgIpc) is 2.78. The zero-order valence-electron chi connectivity index (χ0n) is 8.79. The van der Waals surface area contributed by atoms with Gasteiger partial charge in [-0.05, 0) is 38.7 Å². The Morgan fingerprint density at radius 2 is 2.20 bits per heavy atom. The number of carbonyl (C=O) groups is 1. The van der Waals surface area contributed by atoms with Crippen LogP contribution in [-0.4, -0.2) is 12.1 Å². The maximum absolute atomic E-state index is 11.7. The van der Waals surface area contributed by atoms with E-state index in [4.69, 9.17) is 10.5 Å². The van der Waals surface area contributed by atoms with Crippen LogP contribution in [-0.2, 0) is 4.74 Å². The summed E-state index contributed by atoms with van der Waals surface area (Å²) >= 11 is 1.41. The van der Waals surface area contributed by atoms with E-state index in [1.54, 1.807) is 6.07 Å². The number of hydrogen-bond donors (Lipinski definition) is 1. The minimum atomic E-state index is -0.216. The number of thiophene rings is 1. The Kier molecular flexibility index (Phi) is 2.95. The van der Waals surface area contributed by atoms with Gasteiger partial charge in [0.2, 0.25) is 0 Å². The largest absolute Gasteiger partial charge is 0.458 e. The van der Waals surface area contributed by atoms with Crippen LogP contribution >= 0.6 is 11.3 Å². The van der Waals surface area contributed by atoms with Crippen molar-refractivity contribution in [3.8, 4) is 0 Å². The Morgan fingerprint density at radius 3 is 2.73 bits per heavy atom. The SMILES string of the molecule is Cc1sc(C(=O)OC2CCCC2)cc1N. The van der Waals surface area contributed by atoms with Gasteiger partial charge in [-0.1, -0.05) is 0 Å². The number of anilines is 1. The molecule has 0 aliphatic heterocycles. The zero-order valence-corrected chi connectivity index (χ0v) is 9.60. The van der Waals surface area contributed by atoms with E-state index in [0.29, 0.717) is 10.6 Å². The van der Waals surface area contributed by atoms with Crippen molar-refractivity contribution < 1.29 is 9.53 Å². The van der Waals surface area contributed by atoms with E-state index < -0.39 is 0 Å². The fourth-order valence-electron chi connectivity index (χ4n) is 1.81. The molecule has 0 spiro atoms. The monoisotopic (exact) mass is 225 g/mol. The van der Waals surface area contributed by atoms with Gasteiger partial charge < -0.3 is 10.5 Å². The normalized spacial score (nSPS) is 16.9. The van der Waals surface area contributed by atoms with Crippen molar-refractivity contribution in [3.05, 3.63) is 15.8 Å². The molecule has 1 aromatic rings. The van der Waals surface area contributed by atoms with Crippen LogP contribution in [0.5, 0.6) is 0 Å². The van der Waals surface area contributed by atoms with E-state index >= 15 is 0 Å². The summed E-state index contributed by atoms with van der Waals surface area (Å²) in [5.41, 5.74) is 6.37. The van der Waals surface area contributed by atoms with Crippen LogP contribution in [0.2, 0.25) is 0 Å². The lowest BCUT2D eigenvalue weighted by Gasteiger charge is -2.09.